The first kappa shape index (κ1) is 16.5. The number of likely N-dealkylation sites (N-methyl/N-ethyl adjacent to an activating group) is 1. The minimum atomic E-state index is -0.531. The van der Waals surface area contributed by atoms with Gasteiger partial charge in [-0.2, -0.15) is 0 Å². The van der Waals surface area contributed by atoms with Crippen molar-refractivity contribution in [3.8, 4) is 0 Å². The third-order valence-corrected chi connectivity index (χ3v) is 3.82. The standard InChI is InChI=1S/C16H26N4O2/c1-12-6-7-14(15(18-12)20-8-4-5-9-20)10-17-16(22)19(3)11-13(2)21/h6-7,13,21H,4-5,8-11H2,1-3H3,(H,17,22). The average molecular weight is 306 g/mol. The molecule has 1 saturated heterocycles. The van der Waals surface area contributed by atoms with Gasteiger partial charge in [-0.05, 0) is 32.8 Å². The highest BCUT2D eigenvalue weighted by molar-refractivity contribution is 5.74. The Morgan fingerprint density at radius 2 is 2.14 bits per heavy atom. The Morgan fingerprint density at radius 3 is 2.77 bits per heavy atom. The van der Waals surface area contributed by atoms with Gasteiger partial charge in [0.2, 0.25) is 0 Å². The highest BCUT2D eigenvalue weighted by atomic mass is 16.3. The van der Waals surface area contributed by atoms with Gasteiger partial charge in [0.1, 0.15) is 5.82 Å². The number of nitrogens with one attached hydrogen (secondary N) is 1. The molecular formula is C16H26N4O2. The fourth-order valence-electron chi connectivity index (χ4n) is 2.70. The first-order valence-corrected chi connectivity index (χ1v) is 7.86. The molecule has 1 aromatic rings. The van der Waals surface area contributed by atoms with Crippen LogP contribution in [0.3, 0.4) is 0 Å². The number of rotatable bonds is 5. The van der Waals surface area contributed by atoms with Gasteiger partial charge in [0.05, 0.1) is 6.10 Å². The Morgan fingerprint density at radius 1 is 1.45 bits per heavy atom. The molecule has 2 N–H and O–H groups in total. The predicted octanol–water partition coefficient (Wildman–Crippen LogP) is 1.51. The van der Waals surface area contributed by atoms with Gasteiger partial charge in [-0.1, -0.05) is 6.07 Å². The number of aliphatic hydroxyl groups is 1. The lowest BCUT2D eigenvalue weighted by atomic mass is 10.2. The Bertz CT molecular complexity index is 513. The van der Waals surface area contributed by atoms with Crippen molar-refractivity contribution in [1.82, 2.24) is 15.2 Å². The first-order chi connectivity index (χ1) is 10.5. The number of aliphatic hydroxyl groups excluding tert-OH is 1. The van der Waals surface area contributed by atoms with Crippen LogP contribution in [0.2, 0.25) is 0 Å². The number of hydrogen-bond acceptors (Lipinski definition) is 4. The zero-order chi connectivity index (χ0) is 16.1. The van der Waals surface area contributed by atoms with Crippen LogP contribution in [0.5, 0.6) is 0 Å². The highest BCUT2D eigenvalue weighted by Crippen LogP contribution is 2.22. The minimum Gasteiger partial charge on any atom is -0.392 e. The first-order valence-electron chi connectivity index (χ1n) is 7.86. The second-order valence-corrected chi connectivity index (χ2v) is 6.02. The maximum absolute atomic E-state index is 12.0. The average Bonchev–Trinajstić information content (AvgIpc) is 2.98. The summed E-state index contributed by atoms with van der Waals surface area (Å²) in [5.41, 5.74) is 2.02. The molecule has 2 rings (SSSR count). The Balaban J connectivity index is 2.01. The maximum atomic E-state index is 12.0. The number of amides is 2. The van der Waals surface area contributed by atoms with Crippen LogP contribution in [0.15, 0.2) is 12.1 Å². The molecule has 122 valence electrons. The maximum Gasteiger partial charge on any atom is 0.317 e. The fraction of sp³-hybridized carbons (Fsp3) is 0.625. The van der Waals surface area contributed by atoms with E-state index >= 15 is 0 Å². The third kappa shape index (κ3) is 4.34. The summed E-state index contributed by atoms with van der Waals surface area (Å²) in [6, 6.07) is 3.82. The zero-order valence-electron chi connectivity index (χ0n) is 13.7. The molecule has 0 bridgehead atoms. The summed E-state index contributed by atoms with van der Waals surface area (Å²) in [6.07, 6.45) is 1.86. The van der Waals surface area contributed by atoms with Crippen LogP contribution >= 0.6 is 0 Å². The lowest BCUT2D eigenvalue weighted by Crippen LogP contribution is -2.40. The number of carbonyl (C=O) groups is 1. The number of anilines is 1. The summed E-state index contributed by atoms with van der Waals surface area (Å²) in [7, 11) is 1.68. The van der Waals surface area contributed by atoms with Crippen molar-refractivity contribution in [2.75, 3.05) is 31.6 Å². The number of aryl methyl sites for hydroxylation is 1. The van der Waals surface area contributed by atoms with Gasteiger partial charge in [0.25, 0.3) is 0 Å². The number of aromatic nitrogens is 1. The number of hydrogen-bond donors (Lipinski definition) is 2. The van der Waals surface area contributed by atoms with Crippen molar-refractivity contribution >= 4 is 11.8 Å². The number of pyridine rings is 1. The van der Waals surface area contributed by atoms with Crippen LogP contribution in [0.1, 0.15) is 31.0 Å². The van der Waals surface area contributed by atoms with E-state index < -0.39 is 6.10 Å². The monoisotopic (exact) mass is 306 g/mol. The lowest BCUT2D eigenvalue weighted by Gasteiger charge is -2.22. The second-order valence-electron chi connectivity index (χ2n) is 6.02. The summed E-state index contributed by atoms with van der Waals surface area (Å²) in [6.45, 7) is 6.47. The molecule has 0 aliphatic carbocycles. The van der Waals surface area contributed by atoms with Crippen LogP contribution < -0.4 is 10.2 Å². The lowest BCUT2D eigenvalue weighted by molar-refractivity contribution is 0.143. The molecule has 1 atom stereocenters. The molecule has 22 heavy (non-hydrogen) atoms. The molecule has 1 fully saturated rings. The van der Waals surface area contributed by atoms with E-state index in [4.69, 9.17) is 0 Å². The quantitative estimate of drug-likeness (QED) is 0.865. The molecule has 1 aromatic heterocycles. The van der Waals surface area contributed by atoms with Gasteiger partial charge in [-0.25, -0.2) is 9.78 Å². The van der Waals surface area contributed by atoms with Crippen molar-refractivity contribution in [3.05, 3.63) is 23.4 Å². The van der Waals surface area contributed by atoms with E-state index in [1.54, 1.807) is 14.0 Å². The summed E-state index contributed by atoms with van der Waals surface area (Å²) in [5, 5.41) is 12.2. The topological polar surface area (TPSA) is 68.7 Å². The van der Waals surface area contributed by atoms with Crippen molar-refractivity contribution in [2.45, 2.75) is 39.3 Å². The van der Waals surface area contributed by atoms with Crippen LogP contribution in [-0.2, 0) is 6.54 Å². The Hall–Kier alpha value is -1.82. The van der Waals surface area contributed by atoms with E-state index in [-0.39, 0.29) is 6.03 Å². The van der Waals surface area contributed by atoms with Crippen LogP contribution in [0, 0.1) is 6.92 Å². The van der Waals surface area contributed by atoms with E-state index in [2.05, 4.69) is 15.2 Å². The zero-order valence-corrected chi connectivity index (χ0v) is 13.7. The SMILES string of the molecule is Cc1ccc(CNC(=O)N(C)CC(C)O)c(N2CCCC2)n1. The van der Waals surface area contributed by atoms with Crippen LogP contribution in [0.25, 0.3) is 0 Å². The normalized spacial score (nSPS) is 15.7. The van der Waals surface area contributed by atoms with Gasteiger partial charge < -0.3 is 20.2 Å². The minimum absolute atomic E-state index is 0.186. The van der Waals surface area contributed by atoms with Crippen molar-refractivity contribution in [2.24, 2.45) is 0 Å². The molecule has 0 saturated carbocycles. The van der Waals surface area contributed by atoms with Gasteiger partial charge in [0.15, 0.2) is 0 Å². The summed E-state index contributed by atoms with van der Waals surface area (Å²) in [5.74, 6) is 0.982. The van der Waals surface area contributed by atoms with Crippen LogP contribution in [0.4, 0.5) is 10.6 Å². The number of urea groups is 1. The predicted molar refractivity (Wildman–Crippen MR) is 87.0 cm³/mol. The molecule has 0 aromatic carbocycles. The highest BCUT2D eigenvalue weighted by Gasteiger charge is 2.18. The number of carbonyl (C=O) groups excluding carboxylic acids is 1. The summed E-state index contributed by atoms with van der Waals surface area (Å²) < 4.78 is 0. The Labute approximate surface area is 132 Å². The largest absolute Gasteiger partial charge is 0.392 e. The van der Waals surface area contributed by atoms with Crippen molar-refractivity contribution in [1.29, 1.82) is 0 Å². The molecule has 1 aliphatic rings. The smallest absolute Gasteiger partial charge is 0.317 e. The van der Waals surface area contributed by atoms with E-state index in [0.717, 1.165) is 30.2 Å². The van der Waals surface area contributed by atoms with E-state index in [0.29, 0.717) is 13.1 Å². The third-order valence-electron chi connectivity index (χ3n) is 3.82. The molecule has 0 radical (unpaired) electrons. The van der Waals surface area contributed by atoms with E-state index in [1.165, 1.54) is 17.7 Å². The molecule has 0 spiro atoms. The molecule has 2 heterocycles. The molecule has 1 unspecified atom stereocenters. The molecule has 6 heteroatoms. The second kappa shape index (κ2) is 7.45. The molecule has 1 aliphatic heterocycles. The van der Waals surface area contributed by atoms with Crippen molar-refractivity contribution < 1.29 is 9.90 Å². The molecule has 2 amide bonds. The molecular weight excluding hydrogens is 280 g/mol. The molecule has 6 nitrogen and oxygen atoms in total. The Kier molecular flexibility index (Phi) is 5.60. The van der Waals surface area contributed by atoms with E-state index in [1.807, 2.05) is 19.1 Å². The van der Waals surface area contributed by atoms with Gasteiger partial charge >= 0.3 is 6.03 Å². The van der Waals surface area contributed by atoms with E-state index in [9.17, 15) is 9.90 Å². The summed E-state index contributed by atoms with van der Waals surface area (Å²) >= 11 is 0. The summed E-state index contributed by atoms with van der Waals surface area (Å²) in [4.78, 5) is 20.4. The van der Waals surface area contributed by atoms with Crippen LogP contribution in [-0.4, -0.2) is 53.8 Å². The van der Waals surface area contributed by atoms with Gasteiger partial charge in [-0.3, -0.25) is 0 Å². The fourth-order valence-corrected chi connectivity index (χ4v) is 2.70. The van der Waals surface area contributed by atoms with Gasteiger partial charge in [0, 0.05) is 44.5 Å². The number of nitrogens with zero attached hydrogens (tertiary/aromatic N) is 3. The van der Waals surface area contributed by atoms with Crippen molar-refractivity contribution in [3.63, 3.8) is 0 Å². The van der Waals surface area contributed by atoms with Gasteiger partial charge in [-0.15, -0.1) is 0 Å².